The lowest BCUT2D eigenvalue weighted by Gasteiger charge is -2.51. The van der Waals surface area contributed by atoms with Crippen molar-refractivity contribution in [3.8, 4) is 0 Å². The summed E-state index contributed by atoms with van der Waals surface area (Å²) in [6, 6.07) is 18.5. The molecule has 1 N–H and O–H groups in total. The molecule has 2 unspecified atom stereocenters. The molecular weight excluding hydrogens is 451 g/mol. The molecule has 3 fully saturated rings. The number of halogens is 1. The van der Waals surface area contributed by atoms with E-state index in [0.717, 1.165) is 36.4 Å². The van der Waals surface area contributed by atoms with Crippen LogP contribution in [0.25, 0.3) is 0 Å². The number of rotatable bonds is 8. The minimum absolute atomic E-state index is 0.162. The van der Waals surface area contributed by atoms with E-state index in [0.29, 0.717) is 29.2 Å². The number of Topliss-reactive ketones (excluding diaryl/α,β-unsaturated/α-hetero) is 1. The highest BCUT2D eigenvalue weighted by Crippen LogP contribution is 2.37. The standard InChI is InChI=1S/C27H28FN2O3S/c28-21-8-4-9-22(16-21)29-26(20-6-2-1-3-7-20)27(32)33-24-18-30(13-11-19(24)12-14-30)17-23(31)25-10-5-15-34-25/h1-10,15-16,19,24,26,29H,11-14,17-18H2/q+1. The van der Waals surface area contributed by atoms with E-state index in [1.807, 2.05) is 47.8 Å². The van der Waals surface area contributed by atoms with E-state index < -0.39 is 6.04 Å². The third kappa shape index (κ3) is 4.91. The molecule has 5 nitrogen and oxygen atoms in total. The highest BCUT2D eigenvalue weighted by molar-refractivity contribution is 7.12. The maximum Gasteiger partial charge on any atom is 0.333 e. The topological polar surface area (TPSA) is 55.4 Å². The predicted molar refractivity (Wildman–Crippen MR) is 130 cm³/mol. The lowest BCUT2D eigenvalue weighted by Crippen LogP contribution is -2.65. The lowest BCUT2D eigenvalue weighted by atomic mass is 9.83. The number of quaternary nitrogens is 1. The van der Waals surface area contributed by atoms with Gasteiger partial charge in [0.15, 0.2) is 12.1 Å². The molecular formula is C27H28FN2O3S+. The van der Waals surface area contributed by atoms with Crippen LogP contribution < -0.4 is 5.32 Å². The summed E-state index contributed by atoms with van der Waals surface area (Å²) in [5.74, 6) is -0.275. The van der Waals surface area contributed by atoms with Gasteiger partial charge in [-0.1, -0.05) is 42.5 Å². The molecule has 3 aromatic rings. The van der Waals surface area contributed by atoms with Crippen LogP contribution >= 0.6 is 11.3 Å². The van der Waals surface area contributed by atoms with Gasteiger partial charge in [-0.2, -0.15) is 0 Å². The monoisotopic (exact) mass is 479 g/mol. The zero-order valence-electron chi connectivity index (χ0n) is 18.9. The van der Waals surface area contributed by atoms with Gasteiger partial charge in [-0.05, 0) is 35.2 Å². The van der Waals surface area contributed by atoms with E-state index in [1.165, 1.54) is 23.5 Å². The molecule has 0 spiro atoms. The SMILES string of the molecule is O=C(C[N+]12CCC(CC1)C(OC(=O)C(Nc1cccc(F)c1)c1ccccc1)C2)c1cccs1. The van der Waals surface area contributed by atoms with Gasteiger partial charge in [-0.25, -0.2) is 9.18 Å². The average molecular weight is 480 g/mol. The fourth-order valence-corrected chi connectivity index (χ4v) is 5.94. The number of carbonyl (C=O) groups excluding carboxylic acids is 2. The molecule has 0 radical (unpaired) electrons. The number of benzene rings is 2. The van der Waals surface area contributed by atoms with Gasteiger partial charge in [-0.3, -0.25) is 4.79 Å². The van der Waals surface area contributed by atoms with Crippen molar-refractivity contribution < 1.29 is 23.2 Å². The van der Waals surface area contributed by atoms with Crippen LogP contribution in [0.15, 0.2) is 72.1 Å². The number of nitrogens with one attached hydrogen (secondary N) is 1. The first kappa shape index (κ1) is 22.7. The van der Waals surface area contributed by atoms with Crippen LogP contribution in [0.3, 0.4) is 0 Å². The summed E-state index contributed by atoms with van der Waals surface area (Å²) in [5, 5.41) is 5.08. The molecule has 2 bridgehead atoms. The second kappa shape index (κ2) is 9.68. The van der Waals surface area contributed by atoms with E-state index in [4.69, 9.17) is 4.74 Å². The van der Waals surface area contributed by atoms with Gasteiger partial charge in [0.2, 0.25) is 5.78 Å². The number of carbonyl (C=O) groups is 2. The molecule has 1 aromatic heterocycles. The number of hydrogen-bond acceptors (Lipinski definition) is 5. The number of nitrogens with zero attached hydrogens (tertiary/aromatic N) is 1. The second-order valence-corrected chi connectivity index (χ2v) is 10.3. The lowest BCUT2D eigenvalue weighted by molar-refractivity contribution is -0.938. The van der Waals surface area contributed by atoms with E-state index in [2.05, 4.69) is 5.32 Å². The molecule has 7 heteroatoms. The van der Waals surface area contributed by atoms with E-state index >= 15 is 0 Å². The van der Waals surface area contributed by atoms with Gasteiger partial charge in [0.1, 0.15) is 18.9 Å². The number of thiophene rings is 1. The number of ether oxygens (including phenoxy) is 1. The van der Waals surface area contributed by atoms with Gasteiger partial charge in [0, 0.05) is 24.4 Å². The molecule has 6 rings (SSSR count). The summed E-state index contributed by atoms with van der Waals surface area (Å²) in [5.41, 5.74) is 1.28. The molecule has 176 valence electrons. The highest BCUT2D eigenvalue weighted by atomic mass is 32.1. The Morgan fingerprint density at radius 2 is 1.85 bits per heavy atom. The van der Waals surface area contributed by atoms with Gasteiger partial charge < -0.3 is 14.5 Å². The fourth-order valence-electron chi connectivity index (χ4n) is 5.28. The Morgan fingerprint density at radius 3 is 2.56 bits per heavy atom. The maximum absolute atomic E-state index is 13.8. The van der Waals surface area contributed by atoms with Crippen LogP contribution in [0.1, 0.15) is 34.1 Å². The minimum Gasteiger partial charge on any atom is -0.454 e. The molecule has 4 heterocycles. The quantitative estimate of drug-likeness (QED) is 0.278. The average Bonchev–Trinajstić information content (AvgIpc) is 3.39. The van der Waals surface area contributed by atoms with Gasteiger partial charge in [0.05, 0.1) is 18.0 Å². The Morgan fingerprint density at radius 1 is 1.06 bits per heavy atom. The van der Waals surface area contributed by atoms with Crippen molar-refractivity contribution in [3.05, 3.63) is 88.4 Å². The van der Waals surface area contributed by atoms with Crippen LogP contribution in [0.2, 0.25) is 0 Å². The number of fused-ring (bicyclic) bond motifs is 3. The zero-order chi connectivity index (χ0) is 23.5. The molecule has 3 aliphatic heterocycles. The third-order valence-corrected chi connectivity index (χ3v) is 8.00. The Bertz CT molecular complexity index is 1140. The molecule has 0 saturated carbocycles. The summed E-state index contributed by atoms with van der Waals surface area (Å²) >= 11 is 1.48. The number of anilines is 1. The summed E-state index contributed by atoms with van der Waals surface area (Å²) < 4.78 is 20.6. The normalized spacial score (nSPS) is 24.4. The van der Waals surface area contributed by atoms with Crippen molar-refractivity contribution in [3.63, 3.8) is 0 Å². The largest absolute Gasteiger partial charge is 0.454 e. The minimum atomic E-state index is -0.750. The molecule has 3 saturated heterocycles. The third-order valence-electron chi connectivity index (χ3n) is 7.09. The fraction of sp³-hybridized carbons (Fsp3) is 0.333. The van der Waals surface area contributed by atoms with Gasteiger partial charge >= 0.3 is 5.97 Å². The van der Waals surface area contributed by atoms with Crippen LogP contribution in [-0.2, 0) is 9.53 Å². The first-order valence-corrected chi connectivity index (χ1v) is 12.6. The maximum atomic E-state index is 13.8. The first-order valence-electron chi connectivity index (χ1n) is 11.7. The Hall–Kier alpha value is -3.03. The molecule has 34 heavy (non-hydrogen) atoms. The number of ketones is 1. The number of piperidine rings is 3. The summed E-state index contributed by atoms with van der Waals surface area (Å²) in [4.78, 5) is 27.1. The van der Waals surface area contributed by atoms with Gasteiger partial charge in [-0.15, -0.1) is 11.3 Å². The Balaban J connectivity index is 1.32. The summed E-state index contributed by atoms with van der Waals surface area (Å²) in [7, 11) is 0. The van der Waals surface area contributed by atoms with Crippen molar-refractivity contribution in [1.29, 1.82) is 0 Å². The molecule has 0 amide bonds. The van der Waals surface area contributed by atoms with Crippen molar-refractivity contribution >= 4 is 28.8 Å². The van der Waals surface area contributed by atoms with Crippen LogP contribution in [0, 0.1) is 11.7 Å². The van der Waals surface area contributed by atoms with Crippen LogP contribution in [0.4, 0.5) is 10.1 Å². The van der Waals surface area contributed by atoms with Crippen molar-refractivity contribution in [2.75, 3.05) is 31.5 Å². The number of esters is 1. The van der Waals surface area contributed by atoms with Crippen molar-refractivity contribution in [2.24, 2.45) is 5.92 Å². The predicted octanol–water partition coefficient (Wildman–Crippen LogP) is 5.08. The van der Waals surface area contributed by atoms with E-state index in [1.54, 1.807) is 12.1 Å². The molecule has 2 atom stereocenters. The molecule has 2 aromatic carbocycles. The Kier molecular flexibility index (Phi) is 6.48. The summed E-state index contributed by atoms with van der Waals surface area (Å²) in [6.45, 7) is 3.00. The Labute approximate surface area is 202 Å². The number of hydrogen-bond donors (Lipinski definition) is 1. The first-order chi connectivity index (χ1) is 16.5. The van der Waals surface area contributed by atoms with Crippen LogP contribution in [-0.4, -0.2) is 48.5 Å². The van der Waals surface area contributed by atoms with Crippen molar-refractivity contribution in [1.82, 2.24) is 0 Å². The van der Waals surface area contributed by atoms with E-state index in [-0.39, 0.29) is 23.7 Å². The smallest absolute Gasteiger partial charge is 0.333 e. The van der Waals surface area contributed by atoms with Crippen LogP contribution in [0.5, 0.6) is 0 Å². The molecule has 3 aliphatic rings. The highest BCUT2D eigenvalue weighted by Gasteiger charge is 2.49. The van der Waals surface area contributed by atoms with E-state index in [9.17, 15) is 14.0 Å². The second-order valence-electron chi connectivity index (χ2n) is 9.34. The molecule has 0 aliphatic carbocycles. The van der Waals surface area contributed by atoms with Gasteiger partial charge in [0.25, 0.3) is 0 Å². The zero-order valence-corrected chi connectivity index (χ0v) is 19.7. The summed E-state index contributed by atoms with van der Waals surface area (Å²) in [6.07, 6.45) is 1.66. The van der Waals surface area contributed by atoms with Crippen molar-refractivity contribution in [2.45, 2.75) is 25.0 Å².